The Balaban J connectivity index is 1.46. The Bertz CT molecular complexity index is 1220. The van der Waals surface area contributed by atoms with E-state index in [2.05, 4.69) is 13.1 Å². The average Bonchev–Trinajstić information content (AvgIpc) is 3.43. The molecular weight excluding hydrogens is 414 g/mol. The number of hydrogen-bond donors (Lipinski definition) is 1. The summed E-state index contributed by atoms with van der Waals surface area (Å²) in [6, 6.07) is 9.19. The number of aromatic nitrogens is 3. The van der Waals surface area contributed by atoms with Crippen molar-refractivity contribution in [2.45, 2.75) is 70.4 Å². The summed E-state index contributed by atoms with van der Waals surface area (Å²) in [5.74, 6) is 0.315. The van der Waals surface area contributed by atoms with E-state index in [-0.39, 0.29) is 23.8 Å². The van der Waals surface area contributed by atoms with E-state index in [1.807, 2.05) is 15.5 Å². The monoisotopic (exact) mass is 445 g/mol. The van der Waals surface area contributed by atoms with Crippen LogP contribution in [0.25, 0.3) is 5.65 Å². The lowest BCUT2D eigenvalue weighted by Gasteiger charge is -2.34. The average molecular weight is 446 g/mol. The molecule has 1 saturated carbocycles. The summed E-state index contributed by atoms with van der Waals surface area (Å²) in [7, 11) is 0. The molecule has 3 heterocycles. The highest BCUT2D eigenvalue weighted by molar-refractivity contribution is 5.99. The molecule has 5 rings (SSSR count). The van der Waals surface area contributed by atoms with Crippen molar-refractivity contribution in [1.29, 1.82) is 0 Å². The summed E-state index contributed by atoms with van der Waals surface area (Å²) in [4.78, 5) is 32.1. The number of ketones is 1. The maximum atomic E-state index is 13.4. The number of benzene rings is 1. The van der Waals surface area contributed by atoms with Crippen molar-refractivity contribution in [3.63, 3.8) is 0 Å². The highest BCUT2D eigenvalue weighted by Crippen LogP contribution is 2.35. The van der Waals surface area contributed by atoms with Gasteiger partial charge in [0, 0.05) is 41.9 Å². The number of likely N-dealkylation sites (tertiary alicyclic amines) is 1. The standard InChI is InChI=1S/C26H31N5O2/c1-16-15-31-24(28-25(16)19-9-10-21(27)13-19)14-22(29-31)23-8-3-4-11-30(23)26(33)20-7-5-6-18(12-20)17(2)32/h5-7,12,14-15,19,21,23H,3-4,8-11,13,27H2,1-2H3/t19?,21-,23-/m0/s1. The molecular formula is C26H31N5O2. The molecule has 1 aliphatic carbocycles. The first-order valence-corrected chi connectivity index (χ1v) is 11.9. The van der Waals surface area contributed by atoms with E-state index in [1.165, 1.54) is 6.92 Å². The van der Waals surface area contributed by atoms with Gasteiger partial charge in [0.15, 0.2) is 11.4 Å². The zero-order valence-corrected chi connectivity index (χ0v) is 19.3. The van der Waals surface area contributed by atoms with Crippen LogP contribution in [0.2, 0.25) is 0 Å². The molecule has 7 heteroatoms. The van der Waals surface area contributed by atoms with Crippen molar-refractivity contribution in [2.24, 2.45) is 5.73 Å². The van der Waals surface area contributed by atoms with Crippen LogP contribution in [0.15, 0.2) is 36.5 Å². The van der Waals surface area contributed by atoms with Gasteiger partial charge >= 0.3 is 0 Å². The number of nitrogens with zero attached hydrogens (tertiary/aromatic N) is 4. The van der Waals surface area contributed by atoms with Crippen molar-refractivity contribution in [2.75, 3.05) is 6.54 Å². The molecule has 1 aliphatic heterocycles. The minimum absolute atomic E-state index is 0.0411. The Morgan fingerprint density at radius 3 is 2.67 bits per heavy atom. The minimum atomic E-state index is -0.0995. The molecule has 1 saturated heterocycles. The molecule has 172 valence electrons. The van der Waals surface area contributed by atoms with Crippen molar-refractivity contribution >= 4 is 17.3 Å². The molecule has 3 aromatic rings. The normalized spacial score (nSPS) is 23.2. The Hall–Kier alpha value is -3.06. The van der Waals surface area contributed by atoms with Gasteiger partial charge in [-0.05, 0) is 70.1 Å². The van der Waals surface area contributed by atoms with E-state index in [9.17, 15) is 9.59 Å². The number of carbonyl (C=O) groups is 2. The van der Waals surface area contributed by atoms with Crippen LogP contribution in [0.5, 0.6) is 0 Å². The van der Waals surface area contributed by atoms with Crippen molar-refractivity contribution < 1.29 is 9.59 Å². The van der Waals surface area contributed by atoms with Gasteiger partial charge < -0.3 is 10.6 Å². The van der Waals surface area contributed by atoms with E-state index < -0.39 is 0 Å². The maximum Gasteiger partial charge on any atom is 0.254 e. The van der Waals surface area contributed by atoms with Crippen LogP contribution in [0.4, 0.5) is 0 Å². The molecule has 1 amide bonds. The van der Waals surface area contributed by atoms with E-state index in [1.54, 1.807) is 24.3 Å². The zero-order valence-electron chi connectivity index (χ0n) is 19.3. The number of carbonyl (C=O) groups excluding carboxylic acids is 2. The van der Waals surface area contributed by atoms with Gasteiger partial charge in [0.05, 0.1) is 17.4 Å². The molecule has 2 N–H and O–H groups in total. The van der Waals surface area contributed by atoms with Gasteiger partial charge in [-0.2, -0.15) is 5.10 Å². The van der Waals surface area contributed by atoms with Crippen molar-refractivity contribution in [1.82, 2.24) is 19.5 Å². The fraction of sp³-hybridized carbons (Fsp3) is 0.462. The number of Topliss-reactive ketones (excluding diaryl/α,β-unsaturated/α-hetero) is 1. The Morgan fingerprint density at radius 2 is 1.91 bits per heavy atom. The smallest absolute Gasteiger partial charge is 0.254 e. The molecule has 1 aromatic carbocycles. The van der Waals surface area contributed by atoms with Crippen LogP contribution in [-0.4, -0.2) is 43.8 Å². The number of fused-ring (bicyclic) bond motifs is 1. The van der Waals surface area contributed by atoms with Crippen LogP contribution in [0.3, 0.4) is 0 Å². The number of hydrogen-bond acceptors (Lipinski definition) is 5. The van der Waals surface area contributed by atoms with Crippen LogP contribution in [0.1, 0.15) is 95.1 Å². The van der Waals surface area contributed by atoms with Gasteiger partial charge in [-0.25, -0.2) is 9.50 Å². The lowest BCUT2D eigenvalue weighted by Crippen LogP contribution is -2.38. The predicted molar refractivity (Wildman–Crippen MR) is 126 cm³/mol. The fourth-order valence-electron chi connectivity index (χ4n) is 5.40. The highest BCUT2D eigenvalue weighted by Gasteiger charge is 2.31. The molecule has 2 aromatic heterocycles. The summed E-state index contributed by atoms with van der Waals surface area (Å²) in [6.07, 6.45) is 8.04. The van der Waals surface area contributed by atoms with E-state index in [0.29, 0.717) is 23.6 Å². The van der Waals surface area contributed by atoms with Crippen LogP contribution in [-0.2, 0) is 0 Å². The fourth-order valence-corrected chi connectivity index (χ4v) is 5.40. The van der Waals surface area contributed by atoms with Gasteiger partial charge in [-0.1, -0.05) is 12.1 Å². The summed E-state index contributed by atoms with van der Waals surface area (Å²) >= 11 is 0. The van der Waals surface area contributed by atoms with Crippen LogP contribution in [0, 0.1) is 6.92 Å². The summed E-state index contributed by atoms with van der Waals surface area (Å²) < 4.78 is 1.84. The third kappa shape index (κ3) is 4.17. The second-order valence-electron chi connectivity index (χ2n) is 9.60. The third-order valence-corrected chi connectivity index (χ3v) is 7.17. The minimum Gasteiger partial charge on any atom is -0.330 e. The molecule has 0 bridgehead atoms. The molecule has 3 atom stereocenters. The third-order valence-electron chi connectivity index (χ3n) is 7.17. The second-order valence-corrected chi connectivity index (χ2v) is 9.60. The van der Waals surface area contributed by atoms with Crippen LogP contribution < -0.4 is 5.73 Å². The number of piperidine rings is 1. The first-order valence-electron chi connectivity index (χ1n) is 11.9. The molecule has 0 radical (unpaired) electrons. The lowest BCUT2D eigenvalue weighted by atomic mass is 9.97. The quantitative estimate of drug-likeness (QED) is 0.608. The molecule has 33 heavy (non-hydrogen) atoms. The lowest BCUT2D eigenvalue weighted by molar-refractivity contribution is 0.0605. The Kier molecular flexibility index (Phi) is 5.74. The Morgan fingerprint density at radius 1 is 1.09 bits per heavy atom. The predicted octanol–water partition coefficient (Wildman–Crippen LogP) is 4.20. The van der Waals surface area contributed by atoms with Gasteiger partial charge in [-0.3, -0.25) is 9.59 Å². The second kappa shape index (κ2) is 8.71. The van der Waals surface area contributed by atoms with Gasteiger partial charge in [-0.15, -0.1) is 0 Å². The van der Waals surface area contributed by atoms with Crippen molar-refractivity contribution in [3.05, 3.63) is 64.6 Å². The van der Waals surface area contributed by atoms with Gasteiger partial charge in [0.1, 0.15) is 0 Å². The van der Waals surface area contributed by atoms with E-state index >= 15 is 0 Å². The number of aryl methyl sites for hydroxylation is 1. The van der Waals surface area contributed by atoms with Crippen LogP contribution >= 0.6 is 0 Å². The molecule has 7 nitrogen and oxygen atoms in total. The molecule has 2 aliphatic rings. The number of nitrogens with two attached hydrogens (primary N) is 1. The van der Waals surface area contributed by atoms with E-state index in [0.717, 1.165) is 61.1 Å². The molecule has 1 unspecified atom stereocenters. The number of amides is 1. The first-order chi connectivity index (χ1) is 15.9. The highest BCUT2D eigenvalue weighted by atomic mass is 16.2. The maximum absolute atomic E-state index is 13.4. The summed E-state index contributed by atoms with van der Waals surface area (Å²) in [5, 5.41) is 4.83. The van der Waals surface area contributed by atoms with Gasteiger partial charge in [0.2, 0.25) is 0 Å². The largest absolute Gasteiger partial charge is 0.330 e. The summed E-state index contributed by atoms with van der Waals surface area (Å²) in [6.45, 7) is 4.29. The van der Waals surface area contributed by atoms with Crippen molar-refractivity contribution in [3.8, 4) is 0 Å². The molecule has 2 fully saturated rings. The SMILES string of the molecule is CC(=O)c1cccc(C(=O)N2CCCC[C@H]2c2cc3nc(C4CC[C@H](N)C4)c(C)cn3n2)c1. The van der Waals surface area contributed by atoms with E-state index in [4.69, 9.17) is 15.8 Å². The summed E-state index contributed by atoms with van der Waals surface area (Å²) in [5.41, 5.74) is 11.2. The van der Waals surface area contributed by atoms with Gasteiger partial charge in [0.25, 0.3) is 5.91 Å². The zero-order chi connectivity index (χ0) is 23.1. The Labute approximate surface area is 194 Å². The topological polar surface area (TPSA) is 93.6 Å². The number of rotatable bonds is 4. The first kappa shape index (κ1) is 21.8. The molecule has 0 spiro atoms.